The van der Waals surface area contributed by atoms with Gasteiger partial charge in [0.2, 0.25) is 0 Å². The molecule has 0 radical (unpaired) electrons. The molecule has 0 saturated heterocycles. The Morgan fingerprint density at radius 1 is 0.765 bits per heavy atom. The van der Waals surface area contributed by atoms with Gasteiger partial charge in [0.05, 0.1) is 0 Å². The van der Waals surface area contributed by atoms with Crippen molar-refractivity contribution in [1.82, 2.24) is 0 Å². The van der Waals surface area contributed by atoms with Crippen LogP contribution < -0.4 is 0 Å². The van der Waals surface area contributed by atoms with E-state index in [1.165, 1.54) is 6.08 Å². The van der Waals surface area contributed by atoms with Gasteiger partial charge in [-0.25, -0.2) is 8.78 Å². The monoisotopic (exact) mass is 472 g/mol. The quantitative estimate of drug-likeness (QED) is 0.185. The molecule has 0 amide bonds. The van der Waals surface area contributed by atoms with Crippen LogP contribution in [0.25, 0.3) is 0 Å². The number of allylic oxidation sites excluding steroid dienone is 10. The predicted molar refractivity (Wildman–Crippen MR) is 149 cm³/mol. The molecule has 0 aliphatic heterocycles. The smallest absolute Gasteiger partial charge is 0.130 e. The van der Waals surface area contributed by atoms with Crippen LogP contribution >= 0.6 is 0 Å². The fourth-order valence-electron chi connectivity index (χ4n) is 3.55. The molecule has 0 aromatic carbocycles. The van der Waals surface area contributed by atoms with Gasteiger partial charge >= 0.3 is 0 Å². The largest absolute Gasteiger partial charge is 0.207 e. The summed E-state index contributed by atoms with van der Waals surface area (Å²) in [6, 6.07) is 0. The minimum Gasteiger partial charge on any atom is -0.207 e. The molecule has 0 bridgehead atoms. The third-order valence-electron chi connectivity index (χ3n) is 7.23. The molecule has 0 saturated carbocycles. The SMILES string of the molecule is C=C(CC)/C(F)=C\C(=C)C(C)CCC(C)C(C)C/C=C(\C)C(=C)/C(F)=C\C(=C)C(C)CCCC. The van der Waals surface area contributed by atoms with Crippen LogP contribution in [0.3, 0.4) is 0 Å². The van der Waals surface area contributed by atoms with Gasteiger partial charge in [-0.1, -0.05) is 86.8 Å². The topological polar surface area (TPSA) is 0 Å². The lowest BCUT2D eigenvalue weighted by atomic mass is 9.84. The first-order valence-electron chi connectivity index (χ1n) is 13.0. The van der Waals surface area contributed by atoms with E-state index in [4.69, 9.17) is 0 Å². The highest BCUT2D eigenvalue weighted by molar-refractivity contribution is 5.43. The van der Waals surface area contributed by atoms with Gasteiger partial charge < -0.3 is 0 Å². The average Bonchev–Trinajstić information content (AvgIpc) is 2.81. The molecule has 0 aliphatic rings. The molecule has 2 heteroatoms. The minimum absolute atomic E-state index is 0.217. The molecule has 0 spiro atoms. The molecule has 192 valence electrons. The lowest BCUT2D eigenvalue weighted by molar-refractivity contribution is 0.343. The fraction of sp³-hybridized carbons (Fsp3) is 0.562. The number of hydrogen-bond donors (Lipinski definition) is 0. The number of unbranched alkanes of at least 4 members (excludes halogenated alkanes) is 1. The Balaban J connectivity index is 4.81. The third kappa shape index (κ3) is 12.0. The van der Waals surface area contributed by atoms with Crippen LogP contribution in [-0.2, 0) is 0 Å². The molecule has 0 aliphatic carbocycles. The summed E-state index contributed by atoms with van der Waals surface area (Å²) in [4.78, 5) is 0. The van der Waals surface area contributed by atoms with Crippen LogP contribution in [-0.4, -0.2) is 0 Å². The zero-order chi connectivity index (χ0) is 26.4. The fourth-order valence-corrected chi connectivity index (χ4v) is 3.55. The summed E-state index contributed by atoms with van der Waals surface area (Å²) >= 11 is 0. The first kappa shape index (κ1) is 32.0. The first-order chi connectivity index (χ1) is 15.8. The van der Waals surface area contributed by atoms with Gasteiger partial charge in [-0.15, -0.1) is 0 Å². The molecule has 0 aromatic heterocycles. The van der Waals surface area contributed by atoms with Gasteiger partial charge in [-0.3, -0.25) is 0 Å². The lowest BCUT2D eigenvalue weighted by Crippen LogP contribution is -2.10. The van der Waals surface area contributed by atoms with E-state index in [0.717, 1.165) is 55.2 Å². The second kappa shape index (κ2) is 16.6. The number of halogens is 2. The summed E-state index contributed by atoms with van der Waals surface area (Å²) < 4.78 is 28.8. The van der Waals surface area contributed by atoms with Crippen molar-refractivity contribution >= 4 is 0 Å². The van der Waals surface area contributed by atoms with E-state index >= 15 is 0 Å². The molecule has 0 aromatic rings. The number of rotatable bonds is 17. The van der Waals surface area contributed by atoms with Crippen LogP contribution in [0.4, 0.5) is 8.78 Å². The van der Waals surface area contributed by atoms with E-state index in [1.807, 2.05) is 13.8 Å². The highest BCUT2D eigenvalue weighted by atomic mass is 19.1. The van der Waals surface area contributed by atoms with Crippen LogP contribution in [0.5, 0.6) is 0 Å². The Morgan fingerprint density at radius 3 is 1.82 bits per heavy atom. The van der Waals surface area contributed by atoms with E-state index in [1.54, 1.807) is 6.08 Å². The van der Waals surface area contributed by atoms with Gasteiger partial charge in [-0.05, 0) is 97.1 Å². The van der Waals surface area contributed by atoms with Gasteiger partial charge in [0.25, 0.3) is 0 Å². The molecule has 4 atom stereocenters. The Bertz CT molecular complexity index is 790. The molecule has 0 nitrogen and oxygen atoms in total. The second-order valence-electron chi connectivity index (χ2n) is 10.2. The molecular formula is C32H50F2. The van der Waals surface area contributed by atoms with Gasteiger partial charge in [0.1, 0.15) is 11.7 Å². The van der Waals surface area contributed by atoms with Crippen molar-refractivity contribution in [3.05, 3.63) is 84.1 Å². The number of hydrogen-bond acceptors (Lipinski definition) is 0. The maximum absolute atomic E-state index is 14.7. The Morgan fingerprint density at radius 2 is 1.29 bits per heavy atom. The van der Waals surface area contributed by atoms with E-state index < -0.39 is 0 Å². The van der Waals surface area contributed by atoms with Gasteiger partial charge in [-0.2, -0.15) is 0 Å². The molecule has 0 fully saturated rings. The molecule has 0 rings (SSSR count). The highest BCUT2D eigenvalue weighted by Gasteiger charge is 2.15. The van der Waals surface area contributed by atoms with Crippen molar-refractivity contribution in [2.75, 3.05) is 0 Å². The van der Waals surface area contributed by atoms with Gasteiger partial charge in [0.15, 0.2) is 0 Å². The summed E-state index contributed by atoms with van der Waals surface area (Å²) in [5.74, 6) is 0.884. The Labute approximate surface area is 210 Å². The lowest BCUT2D eigenvalue weighted by Gasteiger charge is -2.21. The maximum atomic E-state index is 14.7. The predicted octanol–water partition coefficient (Wildman–Crippen LogP) is 11.2. The average molecular weight is 473 g/mol. The van der Waals surface area contributed by atoms with Crippen LogP contribution in [0.1, 0.15) is 93.4 Å². The van der Waals surface area contributed by atoms with Crippen molar-refractivity contribution in [1.29, 1.82) is 0 Å². The van der Waals surface area contributed by atoms with Crippen molar-refractivity contribution in [3.63, 3.8) is 0 Å². The first-order valence-corrected chi connectivity index (χ1v) is 13.0. The van der Waals surface area contributed by atoms with Crippen molar-refractivity contribution in [2.45, 2.75) is 93.4 Å². The highest BCUT2D eigenvalue weighted by Crippen LogP contribution is 2.29. The van der Waals surface area contributed by atoms with E-state index in [-0.39, 0.29) is 23.5 Å². The molecular weight excluding hydrogens is 422 g/mol. The zero-order valence-corrected chi connectivity index (χ0v) is 23.1. The maximum Gasteiger partial charge on any atom is 0.130 e. The summed E-state index contributed by atoms with van der Waals surface area (Å²) in [6.07, 6.45) is 11.9. The third-order valence-corrected chi connectivity index (χ3v) is 7.23. The van der Waals surface area contributed by atoms with Crippen LogP contribution in [0, 0.1) is 23.7 Å². The Kier molecular flexibility index (Phi) is 15.7. The van der Waals surface area contributed by atoms with Gasteiger partial charge in [0, 0.05) is 5.57 Å². The zero-order valence-electron chi connectivity index (χ0n) is 23.1. The minimum atomic E-state index is -0.291. The summed E-state index contributed by atoms with van der Waals surface area (Å²) in [6.45, 7) is 30.5. The summed E-state index contributed by atoms with van der Waals surface area (Å²) in [7, 11) is 0. The Hall–Kier alpha value is -1.96. The van der Waals surface area contributed by atoms with Crippen molar-refractivity contribution < 1.29 is 8.78 Å². The van der Waals surface area contributed by atoms with Crippen molar-refractivity contribution in [2.24, 2.45) is 23.7 Å². The van der Waals surface area contributed by atoms with E-state index in [9.17, 15) is 8.78 Å². The normalized spacial score (nSPS) is 16.6. The summed E-state index contributed by atoms with van der Waals surface area (Å²) in [5.41, 5.74) is 3.47. The molecule has 4 unspecified atom stereocenters. The molecule has 0 N–H and O–H groups in total. The van der Waals surface area contributed by atoms with E-state index in [2.05, 4.69) is 67.0 Å². The standard InChI is InChI=1S/C32H50F2/c1-12-14-15-23(4)29(10)21-32(34)30(11)27(8)19-18-25(6)24(5)16-17-26(7)28(9)20-31(33)22(3)13-2/h19-21,23-26H,3,9-18H2,1-2,4-8H3/b27-19+,31-20+,32-21+. The van der Waals surface area contributed by atoms with E-state index in [0.29, 0.717) is 29.4 Å². The summed E-state index contributed by atoms with van der Waals surface area (Å²) in [5, 5.41) is 0. The molecule has 0 heterocycles. The second-order valence-corrected chi connectivity index (χ2v) is 10.2. The molecule has 34 heavy (non-hydrogen) atoms. The van der Waals surface area contributed by atoms with Crippen molar-refractivity contribution in [3.8, 4) is 0 Å². The van der Waals surface area contributed by atoms with Crippen LogP contribution in [0.2, 0.25) is 0 Å². The van der Waals surface area contributed by atoms with Crippen LogP contribution in [0.15, 0.2) is 84.1 Å².